The Kier molecular flexibility index (Phi) is 6.95. The second-order valence-electron chi connectivity index (χ2n) is 6.57. The predicted molar refractivity (Wildman–Crippen MR) is 103 cm³/mol. The number of benzene rings is 1. The van der Waals surface area contributed by atoms with E-state index < -0.39 is 11.2 Å². The third kappa shape index (κ3) is 5.55. The minimum absolute atomic E-state index is 0.0118. The fourth-order valence-corrected chi connectivity index (χ4v) is 2.91. The lowest BCUT2D eigenvalue weighted by atomic mass is 10.1. The van der Waals surface area contributed by atoms with Crippen LogP contribution in [-0.2, 0) is 11.2 Å². The van der Waals surface area contributed by atoms with Crippen LogP contribution in [0.5, 0.6) is 5.75 Å². The number of carbonyl (C=O) groups excluding carboxylic acids is 1. The zero-order chi connectivity index (χ0) is 20.0. The van der Waals surface area contributed by atoms with Crippen LogP contribution in [0.4, 0.5) is 0 Å². The Morgan fingerprint density at radius 3 is 2.63 bits per heavy atom. The molecule has 0 radical (unpaired) electrons. The van der Waals surface area contributed by atoms with E-state index in [-0.39, 0.29) is 24.8 Å². The first-order chi connectivity index (χ1) is 12.8. The molecule has 0 aliphatic heterocycles. The SMILES string of the molecule is COc1cccc(C(CNC(=O)CCc2c(C)[nH]c(=O)[nH]c2=O)N(C)C)c1. The second kappa shape index (κ2) is 9.18. The first-order valence-corrected chi connectivity index (χ1v) is 8.71. The van der Waals surface area contributed by atoms with E-state index in [9.17, 15) is 14.4 Å². The zero-order valence-electron chi connectivity index (χ0n) is 16.1. The fourth-order valence-electron chi connectivity index (χ4n) is 2.91. The largest absolute Gasteiger partial charge is 0.497 e. The van der Waals surface area contributed by atoms with Gasteiger partial charge in [-0.2, -0.15) is 0 Å². The number of methoxy groups -OCH3 is 1. The van der Waals surface area contributed by atoms with Gasteiger partial charge in [-0.1, -0.05) is 12.1 Å². The number of carbonyl (C=O) groups is 1. The van der Waals surface area contributed by atoms with Gasteiger partial charge in [-0.15, -0.1) is 0 Å². The monoisotopic (exact) mass is 374 g/mol. The Hall–Kier alpha value is -2.87. The molecular weight excluding hydrogens is 348 g/mol. The molecule has 0 saturated carbocycles. The summed E-state index contributed by atoms with van der Waals surface area (Å²) >= 11 is 0. The molecule has 0 aliphatic rings. The Morgan fingerprint density at radius 1 is 1.26 bits per heavy atom. The van der Waals surface area contributed by atoms with E-state index in [1.165, 1.54) is 0 Å². The summed E-state index contributed by atoms with van der Waals surface area (Å²) in [7, 11) is 5.51. The lowest BCUT2D eigenvalue weighted by Gasteiger charge is -2.25. The van der Waals surface area contributed by atoms with E-state index in [0.717, 1.165) is 11.3 Å². The molecule has 0 spiro atoms. The number of hydrogen-bond donors (Lipinski definition) is 3. The lowest BCUT2D eigenvalue weighted by molar-refractivity contribution is -0.121. The molecule has 146 valence electrons. The highest BCUT2D eigenvalue weighted by molar-refractivity contribution is 5.76. The van der Waals surface area contributed by atoms with E-state index in [1.807, 2.05) is 43.3 Å². The highest BCUT2D eigenvalue weighted by Gasteiger charge is 2.16. The molecule has 1 aromatic heterocycles. The number of hydrogen-bond acceptors (Lipinski definition) is 5. The van der Waals surface area contributed by atoms with Gasteiger partial charge in [0.25, 0.3) is 5.56 Å². The van der Waals surface area contributed by atoms with Gasteiger partial charge in [-0.3, -0.25) is 14.6 Å². The molecule has 1 heterocycles. The Bertz CT molecular complexity index is 901. The van der Waals surface area contributed by atoms with Crippen molar-refractivity contribution in [2.24, 2.45) is 0 Å². The van der Waals surface area contributed by atoms with Crippen LogP contribution in [0.15, 0.2) is 33.9 Å². The van der Waals surface area contributed by atoms with Crippen molar-refractivity contribution >= 4 is 5.91 Å². The van der Waals surface area contributed by atoms with Crippen molar-refractivity contribution in [1.82, 2.24) is 20.2 Å². The van der Waals surface area contributed by atoms with Gasteiger partial charge < -0.3 is 19.9 Å². The molecular formula is C19H26N4O4. The van der Waals surface area contributed by atoms with Crippen molar-refractivity contribution in [2.75, 3.05) is 27.7 Å². The molecule has 1 amide bonds. The van der Waals surface area contributed by atoms with Crippen LogP contribution >= 0.6 is 0 Å². The summed E-state index contributed by atoms with van der Waals surface area (Å²) in [6, 6.07) is 7.71. The van der Waals surface area contributed by atoms with Crippen molar-refractivity contribution < 1.29 is 9.53 Å². The lowest BCUT2D eigenvalue weighted by Crippen LogP contribution is -2.35. The number of rotatable bonds is 8. The topological polar surface area (TPSA) is 107 Å². The van der Waals surface area contributed by atoms with E-state index in [2.05, 4.69) is 15.3 Å². The molecule has 1 unspecified atom stereocenters. The normalized spacial score (nSPS) is 12.0. The van der Waals surface area contributed by atoms with Crippen LogP contribution in [0.2, 0.25) is 0 Å². The fraction of sp³-hybridized carbons (Fsp3) is 0.421. The number of H-pyrrole nitrogens is 2. The number of aromatic nitrogens is 2. The summed E-state index contributed by atoms with van der Waals surface area (Å²) in [6.07, 6.45) is 0.420. The van der Waals surface area contributed by atoms with Crippen molar-refractivity contribution in [1.29, 1.82) is 0 Å². The summed E-state index contributed by atoms with van der Waals surface area (Å²) in [4.78, 5) is 42.1. The Morgan fingerprint density at radius 2 is 2.00 bits per heavy atom. The van der Waals surface area contributed by atoms with Gasteiger partial charge in [0, 0.05) is 24.2 Å². The quantitative estimate of drug-likeness (QED) is 0.631. The molecule has 0 aliphatic carbocycles. The molecule has 3 N–H and O–H groups in total. The number of likely N-dealkylation sites (N-methyl/N-ethyl adjacent to an activating group) is 1. The van der Waals surface area contributed by atoms with Gasteiger partial charge in [0.1, 0.15) is 5.75 Å². The number of amides is 1. The summed E-state index contributed by atoms with van der Waals surface area (Å²) in [5.74, 6) is 0.605. The molecule has 0 saturated heterocycles. The molecule has 0 fully saturated rings. The summed E-state index contributed by atoms with van der Waals surface area (Å²) in [6.45, 7) is 2.08. The maximum absolute atomic E-state index is 12.2. The van der Waals surface area contributed by atoms with Crippen molar-refractivity contribution in [3.63, 3.8) is 0 Å². The average Bonchev–Trinajstić information content (AvgIpc) is 2.60. The number of aryl methyl sites for hydroxylation is 1. The van der Waals surface area contributed by atoms with Gasteiger partial charge in [0.05, 0.1) is 13.2 Å². The van der Waals surface area contributed by atoms with Gasteiger partial charge in [0.15, 0.2) is 0 Å². The molecule has 27 heavy (non-hydrogen) atoms. The summed E-state index contributed by atoms with van der Waals surface area (Å²) in [5, 5.41) is 2.92. The molecule has 0 bridgehead atoms. The molecule has 1 aromatic carbocycles. The summed E-state index contributed by atoms with van der Waals surface area (Å²) in [5.41, 5.74) is 0.942. The summed E-state index contributed by atoms with van der Waals surface area (Å²) < 4.78 is 5.27. The molecule has 1 atom stereocenters. The van der Waals surface area contributed by atoms with Crippen LogP contribution in [0.3, 0.4) is 0 Å². The van der Waals surface area contributed by atoms with E-state index in [1.54, 1.807) is 14.0 Å². The van der Waals surface area contributed by atoms with E-state index >= 15 is 0 Å². The zero-order valence-corrected chi connectivity index (χ0v) is 16.1. The van der Waals surface area contributed by atoms with E-state index in [0.29, 0.717) is 17.8 Å². The number of nitrogens with zero attached hydrogens (tertiary/aromatic N) is 1. The third-order valence-electron chi connectivity index (χ3n) is 4.45. The van der Waals surface area contributed by atoms with Crippen LogP contribution in [-0.4, -0.2) is 48.5 Å². The van der Waals surface area contributed by atoms with Crippen molar-refractivity contribution in [3.8, 4) is 5.75 Å². The van der Waals surface area contributed by atoms with Crippen LogP contribution < -0.4 is 21.3 Å². The predicted octanol–water partition coefficient (Wildman–Crippen LogP) is 0.732. The Balaban J connectivity index is 1.98. The van der Waals surface area contributed by atoms with Crippen LogP contribution in [0, 0.1) is 6.92 Å². The highest BCUT2D eigenvalue weighted by Crippen LogP contribution is 2.22. The van der Waals surface area contributed by atoms with Gasteiger partial charge in [-0.05, 0) is 45.1 Å². The molecule has 8 heteroatoms. The highest BCUT2D eigenvalue weighted by atomic mass is 16.5. The van der Waals surface area contributed by atoms with Gasteiger partial charge in [-0.25, -0.2) is 4.79 Å². The third-order valence-corrected chi connectivity index (χ3v) is 4.45. The average molecular weight is 374 g/mol. The standard InChI is InChI=1S/C19H26N4O4/c1-12-15(18(25)22-19(26)21-12)8-9-17(24)20-11-16(23(2)3)13-6-5-7-14(10-13)27-4/h5-7,10,16H,8-9,11H2,1-4H3,(H,20,24)(H2,21,22,25,26). The molecule has 2 aromatic rings. The smallest absolute Gasteiger partial charge is 0.325 e. The van der Waals surface area contributed by atoms with Crippen LogP contribution in [0.1, 0.15) is 29.3 Å². The maximum Gasteiger partial charge on any atom is 0.325 e. The number of nitrogens with one attached hydrogen (secondary N) is 3. The number of ether oxygens (including phenoxy) is 1. The van der Waals surface area contributed by atoms with E-state index in [4.69, 9.17) is 4.74 Å². The van der Waals surface area contributed by atoms with Crippen molar-refractivity contribution in [3.05, 3.63) is 61.9 Å². The van der Waals surface area contributed by atoms with Gasteiger partial charge in [0.2, 0.25) is 5.91 Å². The Labute approximate surface area is 157 Å². The number of aromatic amines is 2. The first-order valence-electron chi connectivity index (χ1n) is 8.71. The minimum Gasteiger partial charge on any atom is -0.497 e. The van der Waals surface area contributed by atoms with Crippen molar-refractivity contribution in [2.45, 2.75) is 25.8 Å². The first kappa shape index (κ1) is 20.4. The molecule has 2 rings (SSSR count). The van der Waals surface area contributed by atoms with Crippen LogP contribution in [0.25, 0.3) is 0 Å². The molecule has 8 nitrogen and oxygen atoms in total. The van der Waals surface area contributed by atoms with Gasteiger partial charge >= 0.3 is 5.69 Å². The second-order valence-corrected chi connectivity index (χ2v) is 6.57. The maximum atomic E-state index is 12.2. The minimum atomic E-state index is -0.544.